The summed E-state index contributed by atoms with van der Waals surface area (Å²) < 4.78 is 6.21. The van der Waals surface area contributed by atoms with Crippen LogP contribution in [0.1, 0.15) is 48.5 Å². The summed E-state index contributed by atoms with van der Waals surface area (Å²) in [5.41, 5.74) is 6.95. The Bertz CT molecular complexity index is 994. The molecule has 3 rings (SSSR count). The van der Waals surface area contributed by atoms with Gasteiger partial charge in [-0.2, -0.15) is 0 Å². The summed E-state index contributed by atoms with van der Waals surface area (Å²) in [5.74, 6) is 0.234. The van der Waals surface area contributed by atoms with Crippen molar-refractivity contribution in [2.24, 2.45) is 11.7 Å². The number of benzene rings is 2. The first-order valence-electron chi connectivity index (χ1n) is 11.1. The molecule has 1 fully saturated rings. The number of carbonyl (C=O) groups is 1. The van der Waals surface area contributed by atoms with Crippen LogP contribution in [0.15, 0.2) is 36.4 Å². The van der Waals surface area contributed by atoms with Crippen molar-refractivity contribution in [2.45, 2.75) is 45.3 Å². The minimum Gasteiger partial charge on any atom is -0.483 e. The normalized spacial score (nSPS) is 15.9. The molecule has 1 saturated heterocycles. The Labute approximate surface area is 203 Å². The quantitative estimate of drug-likeness (QED) is 0.266. The number of ketones is 1. The second kappa shape index (κ2) is 11.8. The summed E-state index contributed by atoms with van der Waals surface area (Å²) in [6.45, 7) is 4.48. The molecule has 1 aliphatic heterocycles. The predicted octanol–water partition coefficient (Wildman–Crippen LogP) is 5.50. The van der Waals surface area contributed by atoms with Gasteiger partial charge in [0.05, 0.1) is 15.0 Å². The van der Waals surface area contributed by atoms with E-state index in [1.807, 2.05) is 18.2 Å². The zero-order valence-electron chi connectivity index (χ0n) is 18.6. The number of piperidine rings is 1. The van der Waals surface area contributed by atoms with Crippen molar-refractivity contribution < 1.29 is 14.5 Å². The summed E-state index contributed by atoms with van der Waals surface area (Å²) in [6.07, 6.45) is 3.14. The van der Waals surface area contributed by atoms with E-state index in [1.54, 1.807) is 6.07 Å². The van der Waals surface area contributed by atoms with Crippen LogP contribution in [-0.4, -0.2) is 41.3 Å². The molecular formula is C24H29Cl2N3O4. The van der Waals surface area contributed by atoms with Crippen molar-refractivity contribution in [3.63, 3.8) is 0 Å². The molecule has 2 aromatic carbocycles. The molecule has 9 heteroatoms. The summed E-state index contributed by atoms with van der Waals surface area (Å²) in [5, 5.41) is 12.7. The fourth-order valence-electron chi connectivity index (χ4n) is 4.23. The average Bonchev–Trinajstić information content (AvgIpc) is 2.79. The van der Waals surface area contributed by atoms with Gasteiger partial charge in [0.15, 0.2) is 11.5 Å². The second-order valence-corrected chi connectivity index (χ2v) is 9.26. The molecule has 1 heterocycles. The summed E-state index contributed by atoms with van der Waals surface area (Å²) in [7, 11) is 0. The minimum absolute atomic E-state index is 0.178. The summed E-state index contributed by atoms with van der Waals surface area (Å²) in [4.78, 5) is 25.1. The highest BCUT2D eigenvalue weighted by Crippen LogP contribution is 2.34. The van der Waals surface area contributed by atoms with Crippen molar-refractivity contribution in [1.82, 2.24) is 4.90 Å². The number of hydrogen-bond donors (Lipinski definition) is 1. The zero-order valence-corrected chi connectivity index (χ0v) is 20.1. The van der Waals surface area contributed by atoms with E-state index in [4.69, 9.17) is 33.7 Å². The van der Waals surface area contributed by atoms with Crippen LogP contribution >= 0.6 is 23.2 Å². The van der Waals surface area contributed by atoms with Gasteiger partial charge in [0.1, 0.15) is 6.10 Å². The third-order valence-corrected chi connectivity index (χ3v) is 6.82. The number of carbonyl (C=O) groups excluding carboxylic acids is 1. The fourth-order valence-corrected chi connectivity index (χ4v) is 4.55. The van der Waals surface area contributed by atoms with Gasteiger partial charge >= 0.3 is 5.69 Å². The van der Waals surface area contributed by atoms with Crippen LogP contribution in [0.5, 0.6) is 5.75 Å². The highest BCUT2D eigenvalue weighted by atomic mass is 35.5. The highest BCUT2D eigenvalue weighted by molar-refractivity contribution is 6.42. The third kappa shape index (κ3) is 6.90. The minimum atomic E-state index is -0.498. The Morgan fingerprint density at radius 3 is 2.55 bits per heavy atom. The standard InChI is InChI=1S/C24H29Cl2N3O4/c1-16(30)19-5-7-24(22(14-19)29(31)32)33-23(3-2-10-27)18-8-11-28(12-9-18)15-17-4-6-20(25)21(26)13-17/h4-7,13-14,18,23H,2-3,8-12,15,27H2,1H3. The van der Waals surface area contributed by atoms with E-state index < -0.39 is 4.92 Å². The molecular weight excluding hydrogens is 465 g/mol. The first-order valence-corrected chi connectivity index (χ1v) is 11.9. The van der Waals surface area contributed by atoms with E-state index in [0.29, 0.717) is 22.2 Å². The van der Waals surface area contributed by atoms with Crippen LogP contribution in [0.2, 0.25) is 10.0 Å². The number of nitro groups is 1. The molecule has 178 valence electrons. The van der Waals surface area contributed by atoms with Crippen molar-refractivity contribution in [2.75, 3.05) is 19.6 Å². The van der Waals surface area contributed by atoms with Crippen molar-refractivity contribution in [1.29, 1.82) is 0 Å². The number of halogens is 2. The third-order valence-electron chi connectivity index (χ3n) is 6.08. The zero-order chi connectivity index (χ0) is 24.0. The molecule has 0 bridgehead atoms. The van der Waals surface area contributed by atoms with E-state index in [1.165, 1.54) is 19.1 Å². The molecule has 0 aromatic heterocycles. The van der Waals surface area contributed by atoms with Crippen molar-refractivity contribution in [3.05, 3.63) is 67.7 Å². The first kappa shape index (κ1) is 25.4. The number of rotatable bonds is 10. The topological polar surface area (TPSA) is 98.7 Å². The van der Waals surface area contributed by atoms with Crippen LogP contribution in [0.3, 0.4) is 0 Å². The molecule has 7 nitrogen and oxygen atoms in total. The van der Waals surface area contributed by atoms with Crippen molar-refractivity contribution in [3.8, 4) is 5.75 Å². The van der Waals surface area contributed by atoms with Crippen LogP contribution in [0.4, 0.5) is 5.69 Å². The largest absolute Gasteiger partial charge is 0.483 e. The fraction of sp³-hybridized carbons (Fsp3) is 0.458. The first-order chi connectivity index (χ1) is 15.8. The molecule has 0 saturated carbocycles. The lowest BCUT2D eigenvalue weighted by molar-refractivity contribution is -0.386. The molecule has 2 N–H and O–H groups in total. The molecule has 33 heavy (non-hydrogen) atoms. The Balaban J connectivity index is 1.68. The number of nitrogens with zero attached hydrogens (tertiary/aromatic N) is 2. The number of nitrogens with two attached hydrogens (primary N) is 1. The summed E-state index contributed by atoms with van der Waals surface area (Å²) >= 11 is 12.2. The molecule has 0 aliphatic carbocycles. The average molecular weight is 494 g/mol. The number of Topliss-reactive ketones (excluding diaryl/α,β-unsaturated/α-hetero) is 1. The maximum atomic E-state index is 11.6. The number of ether oxygens (including phenoxy) is 1. The molecule has 1 unspecified atom stereocenters. The molecule has 0 spiro atoms. The number of nitro benzene ring substituents is 1. The van der Waals surface area contributed by atoms with Gasteiger partial charge in [-0.25, -0.2) is 0 Å². The van der Waals surface area contributed by atoms with E-state index in [0.717, 1.165) is 50.9 Å². The van der Waals surface area contributed by atoms with Crippen LogP contribution in [0, 0.1) is 16.0 Å². The van der Waals surface area contributed by atoms with Gasteiger partial charge in [-0.3, -0.25) is 19.8 Å². The second-order valence-electron chi connectivity index (χ2n) is 8.45. The molecule has 2 aromatic rings. The van der Waals surface area contributed by atoms with Crippen molar-refractivity contribution >= 4 is 34.7 Å². The Hall–Kier alpha value is -2.19. The molecule has 0 amide bonds. The lowest BCUT2D eigenvalue weighted by Crippen LogP contribution is -2.39. The lowest BCUT2D eigenvalue weighted by atomic mass is 9.88. The maximum Gasteiger partial charge on any atom is 0.311 e. The smallest absolute Gasteiger partial charge is 0.311 e. The van der Waals surface area contributed by atoms with Gasteiger partial charge in [-0.15, -0.1) is 0 Å². The van der Waals surface area contributed by atoms with Gasteiger partial charge < -0.3 is 10.5 Å². The highest BCUT2D eigenvalue weighted by Gasteiger charge is 2.30. The van der Waals surface area contributed by atoms with E-state index in [9.17, 15) is 14.9 Å². The number of likely N-dealkylation sites (tertiary alicyclic amines) is 1. The Morgan fingerprint density at radius 1 is 1.21 bits per heavy atom. The predicted molar refractivity (Wildman–Crippen MR) is 130 cm³/mol. The van der Waals surface area contributed by atoms with E-state index in [-0.39, 0.29) is 29.2 Å². The van der Waals surface area contributed by atoms with Gasteiger partial charge in [0, 0.05) is 18.2 Å². The monoisotopic (exact) mass is 493 g/mol. The van der Waals surface area contributed by atoms with Gasteiger partial charge in [-0.1, -0.05) is 29.3 Å². The van der Waals surface area contributed by atoms with Gasteiger partial charge in [-0.05, 0) is 88.0 Å². The van der Waals surface area contributed by atoms with E-state index >= 15 is 0 Å². The Morgan fingerprint density at radius 2 is 1.94 bits per heavy atom. The number of hydrogen-bond acceptors (Lipinski definition) is 6. The maximum absolute atomic E-state index is 11.6. The molecule has 1 atom stereocenters. The molecule has 0 radical (unpaired) electrons. The van der Waals surface area contributed by atoms with Gasteiger partial charge in [0.25, 0.3) is 0 Å². The summed E-state index contributed by atoms with van der Waals surface area (Å²) in [6, 6.07) is 10.1. The molecule has 1 aliphatic rings. The SMILES string of the molecule is CC(=O)c1ccc(OC(CCCN)C2CCN(Cc3ccc(Cl)c(Cl)c3)CC2)c([N+](=O)[O-])c1. The van der Waals surface area contributed by atoms with Crippen LogP contribution < -0.4 is 10.5 Å². The Kier molecular flexibility index (Phi) is 9.09. The van der Waals surface area contributed by atoms with Gasteiger partial charge in [0.2, 0.25) is 0 Å². The van der Waals surface area contributed by atoms with Crippen LogP contribution in [-0.2, 0) is 6.54 Å². The lowest BCUT2D eigenvalue weighted by Gasteiger charge is -2.36. The van der Waals surface area contributed by atoms with Crippen LogP contribution in [0.25, 0.3) is 0 Å². The van der Waals surface area contributed by atoms with E-state index in [2.05, 4.69) is 4.90 Å².